The van der Waals surface area contributed by atoms with E-state index in [1.54, 1.807) is 48.5 Å². The van der Waals surface area contributed by atoms with E-state index in [0.29, 0.717) is 17.2 Å². The molecule has 0 unspecified atom stereocenters. The average molecular weight is 217 g/mol. The number of benzene rings is 1. The van der Waals surface area contributed by atoms with Crippen molar-refractivity contribution in [3.63, 3.8) is 0 Å². The number of hydrogen-bond donors (Lipinski definition) is 1. The van der Waals surface area contributed by atoms with Crippen LogP contribution >= 0.6 is 0 Å². The first-order valence-electron chi connectivity index (χ1n) is 4.88. The van der Waals surface area contributed by atoms with Crippen LogP contribution in [-0.4, -0.2) is 12.0 Å². The summed E-state index contributed by atoms with van der Waals surface area (Å²) in [6.07, 6.45) is 1.60. The molecule has 0 saturated carbocycles. The minimum atomic E-state index is -0.283. The summed E-state index contributed by atoms with van der Waals surface area (Å²) in [5.41, 5.74) is 6.73. The lowest BCUT2D eigenvalue weighted by atomic mass is 10.2. The first-order chi connectivity index (χ1) is 7.68. The number of nitrogens with two attached hydrogens (primary N) is 1. The number of pyridine rings is 1. The molecule has 2 rings (SSSR count). The van der Waals surface area contributed by atoms with Crippen LogP contribution in [0, 0.1) is 5.82 Å². The first-order valence-corrected chi connectivity index (χ1v) is 4.88. The molecule has 0 radical (unpaired) electrons. The molecule has 0 atom stereocenters. The Morgan fingerprint density at radius 1 is 1.25 bits per heavy atom. The molecule has 1 heterocycles. The molecule has 0 aliphatic carbocycles. The topological polar surface area (TPSA) is 42.1 Å². The molecule has 82 valence electrons. The second kappa shape index (κ2) is 4.18. The lowest BCUT2D eigenvalue weighted by Gasteiger charge is -2.18. The van der Waals surface area contributed by atoms with Gasteiger partial charge in [0.2, 0.25) is 0 Å². The van der Waals surface area contributed by atoms with Gasteiger partial charge in [-0.2, -0.15) is 0 Å². The predicted octanol–water partition coefficient (Wildman–Crippen LogP) is 2.57. The maximum Gasteiger partial charge on any atom is 0.146 e. The quantitative estimate of drug-likeness (QED) is 0.840. The fraction of sp³-hybridized carbons (Fsp3) is 0.0833. The zero-order valence-electron chi connectivity index (χ0n) is 8.89. The standard InChI is InChI=1S/C12H12FN3/c1-16(11-5-3-2-4-10(11)13)12-8-9(14)6-7-15-12/h2-8H,1H3,(H2,14,15). The van der Waals surface area contributed by atoms with Crippen molar-refractivity contribution in [1.29, 1.82) is 0 Å². The van der Waals surface area contributed by atoms with Crippen LogP contribution in [0.15, 0.2) is 42.6 Å². The second-order valence-electron chi connectivity index (χ2n) is 3.46. The number of rotatable bonds is 2. The monoisotopic (exact) mass is 217 g/mol. The van der Waals surface area contributed by atoms with Crippen molar-refractivity contribution in [2.75, 3.05) is 17.7 Å². The number of nitrogens with zero attached hydrogens (tertiary/aromatic N) is 2. The lowest BCUT2D eigenvalue weighted by molar-refractivity contribution is 0.627. The van der Waals surface area contributed by atoms with Crippen LogP contribution < -0.4 is 10.6 Å². The van der Waals surface area contributed by atoms with Crippen molar-refractivity contribution >= 4 is 17.2 Å². The Morgan fingerprint density at radius 2 is 2.00 bits per heavy atom. The van der Waals surface area contributed by atoms with E-state index in [-0.39, 0.29) is 5.82 Å². The minimum absolute atomic E-state index is 0.283. The molecule has 1 aromatic carbocycles. The van der Waals surface area contributed by atoms with E-state index in [9.17, 15) is 4.39 Å². The highest BCUT2D eigenvalue weighted by Crippen LogP contribution is 2.24. The predicted molar refractivity (Wildman–Crippen MR) is 63.1 cm³/mol. The number of anilines is 3. The molecule has 0 aliphatic heterocycles. The summed E-state index contributed by atoms with van der Waals surface area (Å²) in [6.45, 7) is 0. The van der Waals surface area contributed by atoms with Gasteiger partial charge in [-0.1, -0.05) is 12.1 Å². The van der Waals surface area contributed by atoms with Gasteiger partial charge in [0.15, 0.2) is 0 Å². The van der Waals surface area contributed by atoms with Crippen LogP contribution in [0.3, 0.4) is 0 Å². The third-order valence-electron chi connectivity index (χ3n) is 2.33. The lowest BCUT2D eigenvalue weighted by Crippen LogP contribution is -2.12. The molecule has 3 nitrogen and oxygen atoms in total. The zero-order chi connectivity index (χ0) is 11.5. The SMILES string of the molecule is CN(c1cc(N)ccn1)c1ccccc1F. The van der Waals surface area contributed by atoms with Crippen LogP contribution in [0.1, 0.15) is 0 Å². The van der Waals surface area contributed by atoms with Crippen molar-refractivity contribution in [2.24, 2.45) is 0 Å². The van der Waals surface area contributed by atoms with Crippen molar-refractivity contribution in [1.82, 2.24) is 4.98 Å². The molecule has 0 saturated heterocycles. The number of para-hydroxylation sites is 1. The summed E-state index contributed by atoms with van der Waals surface area (Å²) in [5.74, 6) is 0.333. The van der Waals surface area contributed by atoms with Gasteiger partial charge in [-0.25, -0.2) is 9.37 Å². The van der Waals surface area contributed by atoms with Gasteiger partial charge < -0.3 is 10.6 Å². The second-order valence-corrected chi connectivity index (χ2v) is 3.46. The highest BCUT2D eigenvalue weighted by molar-refractivity contribution is 5.62. The van der Waals surface area contributed by atoms with E-state index in [2.05, 4.69) is 4.98 Å². The summed E-state index contributed by atoms with van der Waals surface area (Å²) in [4.78, 5) is 5.79. The summed E-state index contributed by atoms with van der Waals surface area (Å²) in [6, 6.07) is 9.93. The van der Waals surface area contributed by atoms with Crippen LogP contribution in [-0.2, 0) is 0 Å². The largest absolute Gasteiger partial charge is 0.399 e. The average Bonchev–Trinajstić information content (AvgIpc) is 2.29. The van der Waals surface area contributed by atoms with Crippen molar-refractivity contribution < 1.29 is 4.39 Å². The Hall–Kier alpha value is -2.10. The van der Waals surface area contributed by atoms with E-state index in [0.717, 1.165) is 0 Å². The van der Waals surface area contributed by atoms with E-state index in [4.69, 9.17) is 5.73 Å². The third-order valence-corrected chi connectivity index (χ3v) is 2.33. The zero-order valence-corrected chi connectivity index (χ0v) is 8.89. The van der Waals surface area contributed by atoms with Gasteiger partial charge in [0.05, 0.1) is 5.69 Å². The molecule has 2 aromatic rings. The Kier molecular flexibility index (Phi) is 2.72. The van der Waals surface area contributed by atoms with Crippen LogP contribution in [0.2, 0.25) is 0 Å². The molecule has 16 heavy (non-hydrogen) atoms. The molecule has 0 aliphatic rings. The van der Waals surface area contributed by atoms with Crippen LogP contribution in [0.25, 0.3) is 0 Å². The van der Waals surface area contributed by atoms with Gasteiger partial charge in [0.25, 0.3) is 0 Å². The summed E-state index contributed by atoms with van der Waals surface area (Å²) in [7, 11) is 1.75. The fourth-order valence-corrected chi connectivity index (χ4v) is 1.46. The van der Waals surface area contributed by atoms with E-state index < -0.39 is 0 Å². The Morgan fingerprint density at radius 3 is 2.69 bits per heavy atom. The highest BCUT2D eigenvalue weighted by atomic mass is 19.1. The molecule has 0 amide bonds. The molecule has 0 spiro atoms. The van der Waals surface area contributed by atoms with Crippen LogP contribution in [0.5, 0.6) is 0 Å². The van der Waals surface area contributed by atoms with E-state index >= 15 is 0 Å². The molecule has 1 aromatic heterocycles. The Labute approximate surface area is 93.3 Å². The smallest absolute Gasteiger partial charge is 0.146 e. The summed E-state index contributed by atoms with van der Waals surface area (Å²) in [5, 5.41) is 0. The molecular weight excluding hydrogens is 205 g/mol. The summed E-state index contributed by atoms with van der Waals surface area (Å²) < 4.78 is 13.5. The normalized spacial score (nSPS) is 10.1. The molecule has 2 N–H and O–H groups in total. The number of hydrogen-bond acceptors (Lipinski definition) is 3. The van der Waals surface area contributed by atoms with E-state index in [1.807, 2.05) is 0 Å². The number of halogens is 1. The maximum absolute atomic E-state index is 13.5. The Bertz CT molecular complexity index is 499. The van der Waals surface area contributed by atoms with Gasteiger partial charge in [0, 0.05) is 25.0 Å². The molecular formula is C12H12FN3. The minimum Gasteiger partial charge on any atom is -0.399 e. The number of nitrogen functional groups attached to an aromatic ring is 1. The van der Waals surface area contributed by atoms with Gasteiger partial charge in [-0.15, -0.1) is 0 Å². The molecule has 4 heteroatoms. The fourth-order valence-electron chi connectivity index (χ4n) is 1.46. The van der Waals surface area contributed by atoms with Gasteiger partial charge in [0.1, 0.15) is 11.6 Å². The number of aromatic nitrogens is 1. The molecule has 0 fully saturated rings. The van der Waals surface area contributed by atoms with Gasteiger partial charge in [-0.3, -0.25) is 0 Å². The third kappa shape index (κ3) is 1.95. The van der Waals surface area contributed by atoms with Crippen molar-refractivity contribution in [3.8, 4) is 0 Å². The van der Waals surface area contributed by atoms with Gasteiger partial charge in [-0.05, 0) is 18.2 Å². The van der Waals surface area contributed by atoms with Crippen LogP contribution in [0.4, 0.5) is 21.6 Å². The summed E-state index contributed by atoms with van der Waals surface area (Å²) >= 11 is 0. The maximum atomic E-state index is 13.5. The highest BCUT2D eigenvalue weighted by Gasteiger charge is 2.09. The first kappa shape index (κ1) is 10.4. The Balaban J connectivity index is 2.39. The van der Waals surface area contributed by atoms with Crippen molar-refractivity contribution in [2.45, 2.75) is 0 Å². The van der Waals surface area contributed by atoms with Gasteiger partial charge >= 0.3 is 0 Å². The molecule has 0 bridgehead atoms. The van der Waals surface area contributed by atoms with E-state index in [1.165, 1.54) is 6.07 Å². The van der Waals surface area contributed by atoms with Crippen molar-refractivity contribution in [3.05, 3.63) is 48.4 Å².